The highest BCUT2D eigenvalue weighted by atomic mass is 16.3. The third-order valence-corrected chi connectivity index (χ3v) is 8.49. The maximum Gasteiger partial charge on any atom is 0.159 e. The van der Waals surface area contributed by atoms with Gasteiger partial charge in [-0.25, -0.2) is 0 Å². The first kappa shape index (κ1) is 20.5. The predicted octanol–water partition coefficient (Wildman–Crippen LogP) is 10.4. The van der Waals surface area contributed by atoms with Gasteiger partial charge >= 0.3 is 0 Å². The van der Waals surface area contributed by atoms with Gasteiger partial charge in [0, 0.05) is 32.3 Å². The van der Waals surface area contributed by atoms with Crippen molar-refractivity contribution in [2.24, 2.45) is 0 Å². The molecule has 4 heterocycles. The number of nitrogens with zero attached hydrogens (tertiary/aromatic N) is 2. The molecule has 0 N–H and O–H groups in total. The van der Waals surface area contributed by atoms with Gasteiger partial charge in [0.25, 0.3) is 0 Å². The van der Waals surface area contributed by atoms with Crippen LogP contribution in [0.1, 0.15) is 0 Å². The molecule has 0 aliphatic carbocycles. The summed E-state index contributed by atoms with van der Waals surface area (Å²) in [6.45, 7) is 0. The van der Waals surface area contributed by atoms with Crippen molar-refractivity contribution in [2.75, 3.05) is 4.90 Å². The fourth-order valence-corrected chi connectivity index (χ4v) is 6.84. The smallest absolute Gasteiger partial charge is 0.159 e. The van der Waals surface area contributed by atoms with Crippen LogP contribution in [0.25, 0.3) is 71.4 Å². The van der Waals surface area contributed by atoms with Crippen LogP contribution in [0.5, 0.6) is 0 Å². The average Bonchev–Trinajstić information content (AvgIpc) is 3.67. The molecule has 1 aliphatic rings. The fourth-order valence-electron chi connectivity index (χ4n) is 6.84. The molecular weight excluding hydrogens is 492 g/mol. The Hall–Kier alpha value is -5.48. The third kappa shape index (κ3) is 2.42. The van der Waals surface area contributed by atoms with Crippen LogP contribution >= 0.6 is 0 Å². The quantitative estimate of drug-likeness (QED) is 0.219. The largest absolute Gasteiger partial charge is 0.456 e. The Bertz CT molecular complexity index is 2510. The summed E-state index contributed by atoms with van der Waals surface area (Å²) in [5, 5.41) is 6.91. The number of rotatable bonds is 1. The lowest BCUT2D eigenvalue weighted by atomic mass is 10.1. The van der Waals surface area contributed by atoms with Crippen molar-refractivity contribution < 1.29 is 8.83 Å². The van der Waals surface area contributed by atoms with Crippen LogP contribution in [0.4, 0.5) is 17.1 Å². The van der Waals surface area contributed by atoms with Gasteiger partial charge in [0.15, 0.2) is 5.58 Å². The number of benzene rings is 6. The van der Waals surface area contributed by atoms with Crippen molar-refractivity contribution in [3.05, 3.63) is 121 Å². The minimum absolute atomic E-state index is 0.893. The summed E-state index contributed by atoms with van der Waals surface area (Å²) in [5.41, 5.74) is 10.4. The number of anilines is 3. The number of para-hydroxylation sites is 6. The average molecular weight is 513 g/mol. The van der Waals surface area contributed by atoms with E-state index in [0.29, 0.717) is 0 Å². The molecule has 0 bridgehead atoms. The van der Waals surface area contributed by atoms with Crippen LogP contribution < -0.4 is 4.90 Å². The van der Waals surface area contributed by atoms with Gasteiger partial charge in [-0.15, -0.1) is 0 Å². The zero-order chi connectivity index (χ0) is 25.9. The van der Waals surface area contributed by atoms with E-state index in [9.17, 15) is 0 Å². The number of hydrogen-bond donors (Lipinski definition) is 0. The zero-order valence-electron chi connectivity index (χ0n) is 21.3. The lowest BCUT2D eigenvalue weighted by molar-refractivity contribution is 0.669. The van der Waals surface area contributed by atoms with Gasteiger partial charge in [0.05, 0.1) is 33.8 Å². The van der Waals surface area contributed by atoms with Crippen LogP contribution in [0.3, 0.4) is 0 Å². The van der Waals surface area contributed by atoms with Gasteiger partial charge in [-0.1, -0.05) is 72.8 Å². The van der Waals surface area contributed by atoms with E-state index in [4.69, 9.17) is 8.83 Å². The van der Waals surface area contributed by atoms with E-state index in [-0.39, 0.29) is 0 Å². The predicted molar refractivity (Wildman–Crippen MR) is 164 cm³/mol. The summed E-state index contributed by atoms with van der Waals surface area (Å²) in [7, 11) is 0. The molecule has 0 radical (unpaired) electrons. The second-order valence-corrected chi connectivity index (χ2v) is 10.5. The fraction of sp³-hybridized carbons (Fsp3) is 0. The van der Waals surface area contributed by atoms with E-state index >= 15 is 0 Å². The molecule has 0 atom stereocenters. The molecule has 40 heavy (non-hydrogen) atoms. The van der Waals surface area contributed by atoms with Gasteiger partial charge in [-0.05, 0) is 48.5 Å². The Morgan fingerprint density at radius 3 is 1.88 bits per heavy atom. The molecule has 4 nitrogen and oxygen atoms in total. The zero-order valence-corrected chi connectivity index (χ0v) is 21.3. The van der Waals surface area contributed by atoms with Crippen molar-refractivity contribution in [2.45, 2.75) is 0 Å². The van der Waals surface area contributed by atoms with Crippen LogP contribution in [-0.2, 0) is 0 Å². The van der Waals surface area contributed by atoms with Gasteiger partial charge < -0.3 is 18.3 Å². The lowest BCUT2D eigenvalue weighted by Crippen LogP contribution is -2.18. The Kier molecular flexibility index (Phi) is 3.65. The Morgan fingerprint density at radius 2 is 1.02 bits per heavy atom. The number of fused-ring (bicyclic) bond motifs is 11. The maximum atomic E-state index is 6.52. The molecule has 0 saturated heterocycles. The minimum atomic E-state index is 0.893. The number of furan rings is 2. The summed E-state index contributed by atoms with van der Waals surface area (Å²) in [4.78, 5) is 2.36. The third-order valence-electron chi connectivity index (χ3n) is 8.49. The van der Waals surface area contributed by atoms with Crippen LogP contribution in [0.2, 0.25) is 0 Å². The first-order valence-electron chi connectivity index (χ1n) is 13.5. The van der Waals surface area contributed by atoms with Gasteiger partial charge in [0.2, 0.25) is 0 Å². The summed E-state index contributed by atoms with van der Waals surface area (Å²) in [5.74, 6) is 0. The Balaban J connectivity index is 1.36. The SMILES string of the molecule is c1ccc2c(c1)N(c1cccc3c1oc1ccccc13)c1cccc3c4cc5oc6ccccc6c5cc4n-2c13. The molecule has 3 aromatic heterocycles. The summed E-state index contributed by atoms with van der Waals surface area (Å²) in [6, 6.07) is 42.8. The highest BCUT2D eigenvalue weighted by Crippen LogP contribution is 2.52. The van der Waals surface area contributed by atoms with Crippen molar-refractivity contribution in [3.8, 4) is 5.69 Å². The summed E-state index contributed by atoms with van der Waals surface area (Å²) >= 11 is 0. The van der Waals surface area contributed by atoms with Crippen molar-refractivity contribution in [1.29, 1.82) is 0 Å². The van der Waals surface area contributed by atoms with E-state index in [1.807, 2.05) is 24.3 Å². The first-order chi connectivity index (χ1) is 19.8. The summed E-state index contributed by atoms with van der Waals surface area (Å²) in [6.07, 6.45) is 0. The van der Waals surface area contributed by atoms with E-state index < -0.39 is 0 Å². The van der Waals surface area contributed by atoms with Crippen molar-refractivity contribution >= 4 is 82.7 Å². The number of aromatic nitrogens is 1. The first-order valence-corrected chi connectivity index (χ1v) is 13.5. The van der Waals surface area contributed by atoms with Crippen molar-refractivity contribution in [3.63, 3.8) is 0 Å². The molecule has 0 amide bonds. The topological polar surface area (TPSA) is 34.5 Å². The maximum absolute atomic E-state index is 6.52. The molecule has 0 saturated carbocycles. The molecule has 6 aromatic carbocycles. The monoisotopic (exact) mass is 512 g/mol. The van der Waals surface area contributed by atoms with Crippen molar-refractivity contribution in [1.82, 2.24) is 4.57 Å². The summed E-state index contributed by atoms with van der Waals surface area (Å²) < 4.78 is 15.2. The lowest BCUT2D eigenvalue weighted by Gasteiger charge is -2.33. The van der Waals surface area contributed by atoms with Crippen LogP contribution in [0, 0.1) is 0 Å². The Labute approximate surface area is 227 Å². The molecule has 1 aliphatic heterocycles. The van der Waals surface area contributed by atoms with Crippen LogP contribution in [0.15, 0.2) is 130 Å². The standard InChI is InChI=1S/C36H20N2O2/c1-6-18-33-21(9-1)24-12-8-16-30(36(24)40-33)37-27-13-3-4-14-28(27)38-31-19-26-22-10-2-5-17-32(22)39-34(26)20-25(31)23-11-7-15-29(37)35(23)38/h1-20H. The molecule has 9 aromatic rings. The number of hydrogen-bond acceptors (Lipinski definition) is 3. The normalized spacial score (nSPS) is 12.9. The van der Waals surface area contributed by atoms with E-state index in [1.54, 1.807) is 0 Å². The molecule has 0 unspecified atom stereocenters. The van der Waals surface area contributed by atoms with Gasteiger partial charge in [-0.2, -0.15) is 0 Å². The molecule has 10 rings (SSSR count). The molecule has 186 valence electrons. The molecule has 0 fully saturated rings. The minimum Gasteiger partial charge on any atom is -0.456 e. The van der Waals surface area contributed by atoms with E-state index in [2.05, 4.69) is 107 Å². The molecular formula is C36H20N2O2. The van der Waals surface area contributed by atoms with Gasteiger partial charge in [-0.3, -0.25) is 0 Å². The second-order valence-electron chi connectivity index (χ2n) is 10.5. The molecule has 0 spiro atoms. The van der Waals surface area contributed by atoms with E-state index in [0.717, 1.165) is 66.6 Å². The Morgan fingerprint density at radius 1 is 0.400 bits per heavy atom. The van der Waals surface area contributed by atoms with Gasteiger partial charge in [0.1, 0.15) is 16.7 Å². The molecule has 4 heteroatoms. The van der Waals surface area contributed by atoms with E-state index in [1.165, 1.54) is 21.8 Å². The second kappa shape index (κ2) is 7.13. The highest BCUT2D eigenvalue weighted by Gasteiger charge is 2.30. The van der Waals surface area contributed by atoms with Crippen LogP contribution in [-0.4, -0.2) is 4.57 Å². The highest BCUT2D eigenvalue weighted by molar-refractivity contribution is 6.22.